The second-order valence-corrected chi connectivity index (χ2v) is 5.27. The first-order valence-corrected chi connectivity index (χ1v) is 6.90. The van der Waals surface area contributed by atoms with Crippen LogP contribution in [0.2, 0.25) is 0 Å². The van der Waals surface area contributed by atoms with Crippen molar-refractivity contribution in [3.8, 4) is 0 Å². The highest BCUT2D eigenvalue weighted by molar-refractivity contribution is 5.90. The van der Waals surface area contributed by atoms with E-state index in [1.165, 1.54) is 0 Å². The molecule has 3 rings (SSSR count). The number of aromatic nitrogens is 3. The van der Waals surface area contributed by atoms with Crippen molar-refractivity contribution in [2.45, 2.75) is 25.4 Å². The van der Waals surface area contributed by atoms with Gasteiger partial charge in [-0.25, -0.2) is 9.89 Å². The fourth-order valence-electron chi connectivity index (χ4n) is 2.75. The summed E-state index contributed by atoms with van der Waals surface area (Å²) < 4.78 is 0. The maximum atomic E-state index is 12.0. The number of rotatable bonds is 3. The average Bonchev–Trinajstić information content (AvgIpc) is 3.06. The van der Waals surface area contributed by atoms with Crippen molar-refractivity contribution in [1.29, 1.82) is 0 Å². The van der Waals surface area contributed by atoms with E-state index in [0.717, 1.165) is 18.7 Å². The summed E-state index contributed by atoms with van der Waals surface area (Å²) in [6.45, 7) is 2.88. The van der Waals surface area contributed by atoms with Gasteiger partial charge in [0.05, 0.1) is 0 Å². The van der Waals surface area contributed by atoms with Crippen molar-refractivity contribution in [1.82, 2.24) is 20.5 Å². The van der Waals surface area contributed by atoms with Crippen molar-refractivity contribution in [2.24, 2.45) is 0 Å². The maximum Gasteiger partial charge on any atom is 0.341 e. The SMILES string of the molecule is C[C@@H]1C[C@H](NC(=O)c2n[nH]c(=O)[nH]2)CN1c1ccccc1. The zero-order valence-electron chi connectivity index (χ0n) is 11.7. The predicted molar refractivity (Wildman–Crippen MR) is 78.3 cm³/mol. The summed E-state index contributed by atoms with van der Waals surface area (Å²) in [6, 6.07) is 10.5. The zero-order chi connectivity index (χ0) is 14.8. The Morgan fingerprint density at radius 3 is 2.81 bits per heavy atom. The third kappa shape index (κ3) is 2.81. The molecule has 2 heterocycles. The van der Waals surface area contributed by atoms with E-state index in [1.54, 1.807) is 0 Å². The molecule has 110 valence electrons. The molecule has 1 aromatic carbocycles. The number of H-pyrrole nitrogens is 2. The molecule has 0 spiro atoms. The van der Waals surface area contributed by atoms with Gasteiger partial charge in [-0.2, -0.15) is 0 Å². The Kier molecular flexibility index (Phi) is 3.47. The number of benzene rings is 1. The van der Waals surface area contributed by atoms with Crippen LogP contribution in [0.25, 0.3) is 0 Å². The van der Waals surface area contributed by atoms with E-state index >= 15 is 0 Å². The minimum Gasteiger partial charge on any atom is -0.367 e. The highest BCUT2D eigenvalue weighted by Gasteiger charge is 2.30. The lowest BCUT2D eigenvalue weighted by molar-refractivity contribution is 0.0930. The van der Waals surface area contributed by atoms with Crippen molar-refractivity contribution >= 4 is 11.6 Å². The molecule has 7 heteroatoms. The summed E-state index contributed by atoms with van der Waals surface area (Å²) in [5.74, 6) is -0.341. The molecule has 0 radical (unpaired) electrons. The van der Waals surface area contributed by atoms with Crippen LogP contribution >= 0.6 is 0 Å². The van der Waals surface area contributed by atoms with E-state index in [2.05, 4.69) is 44.5 Å². The number of carbonyl (C=O) groups is 1. The molecule has 3 N–H and O–H groups in total. The monoisotopic (exact) mass is 287 g/mol. The Balaban J connectivity index is 1.66. The van der Waals surface area contributed by atoms with E-state index in [1.807, 2.05) is 18.2 Å². The van der Waals surface area contributed by atoms with Crippen LogP contribution in [0.4, 0.5) is 5.69 Å². The molecule has 0 saturated carbocycles. The number of amides is 1. The van der Waals surface area contributed by atoms with Gasteiger partial charge in [0.1, 0.15) is 0 Å². The molecular weight excluding hydrogens is 270 g/mol. The molecule has 2 atom stereocenters. The van der Waals surface area contributed by atoms with Gasteiger partial charge in [-0.1, -0.05) is 18.2 Å². The molecule has 0 aliphatic carbocycles. The molecule has 2 aromatic rings. The molecule has 7 nitrogen and oxygen atoms in total. The van der Waals surface area contributed by atoms with Gasteiger partial charge in [-0.15, -0.1) is 5.10 Å². The zero-order valence-corrected chi connectivity index (χ0v) is 11.7. The summed E-state index contributed by atoms with van der Waals surface area (Å²) in [5, 5.41) is 8.73. The number of nitrogens with one attached hydrogen (secondary N) is 3. The topological polar surface area (TPSA) is 93.9 Å². The van der Waals surface area contributed by atoms with Crippen molar-refractivity contribution in [2.75, 3.05) is 11.4 Å². The van der Waals surface area contributed by atoms with E-state index in [9.17, 15) is 9.59 Å². The van der Waals surface area contributed by atoms with E-state index < -0.39 is 5.69 Å². The van der Waals surface area contributed by atoms with Crippen molar-refractivity contribution in [3.05, 3.63) is 46.6 Å². The van der Waals surface area contributed by atoms with E-state index in [4.69, 9.17) is 0 Å². The largest absolute Gasteiger partial charge is 0.367 e. The van der Waals surface area contributed by atoms with Crippen LogP contribution in [0.15, 0.2) is 35.1 Å². The second-order valence-electron chi connectivity index (χ2n) is 5.27. The van der Waals surface area contributed by atoms with Crippen LogP contribution in [0.1, 0.15) is 24.0 Å². The maximum absolute atomic E-state index is 12.0. The Labute approximate surface area is 121 Å². The molecule has 1 aliphatic rings. The lowest BCUT2D eigenvalue weighted by atomic mass is 10.2. The lowest BCUT2D eigenvalue weighted by Gasteiger charge is -2.23. The summed E-state index contributed by atoms with van der Waals surface area (Å²) in [5.41, 5.74) is 0.667. The Bertz CT molecular complexity index is 678. The van der Waals surface area contributed by atoms with Gasteiger partial charge in [0.15, 0.2) is 0 Å². The molecular formula is C14H17N5O2. The van der Waals surface area contributed by atoms with Gasteiger partial charge in [-0.05, 0) is 25.5 Å². The molecule has 1 aromatic heterocycles. The number of para-hydroxylation sites is 1. The standard InChI is InChI=1S/C14H17N5O2/c1-9-7-10(8-19(9)11-5-3-2-4-6-11)15-13(20)12-16-14(21)18-17-12/h2-6,9-10H,7-8H2,1H3,(H,15,20)(H2,16,17,18,21)/t9-,10+/m1/s1. The van der Waals surface area contributed by atoms with Crippen LogP contribution < -0.4 is 15.9 Å². The average molecular weight is 287 g/mol. The van der Waals surface area contributed by atoms with Crippen LogP contribution in [-0.4, -0.2) is 39.7 Å². The number of nitrogens with zero attached hydrogens (tertiary/aromatic N) is 2. The summed E-state index contributed by atoms with van der Waals surface area (Å²) in [4.78, 5) is 27.6. The van der Waals surface area contributed by atoms with Gasteiger partial charge in [0, 0.05) is 24.3 Å². The van der Waals surface area contributed by atoms with Crippen LogP contribution in [0.3, 0.4) is 0 Å². The van der Waals surface area contributed by atoms with Gasteiger partial charge in [0.2, 0.25) is 5.82 Å². The van der Waals surface area contributed by atoms with Gasteiger partial charge < -0.3 is 10.2 Å². The van der Waals surface area contributed by atoms with Crippen LogP contribution in [0.5, 0.6) is 0 Å². The molecule has 1 amide bonds. The van der Waals surface area contributed by atoms with Gasteiger partial charge in [0.25, 0.3) is 5.91 Å². The molecule has 1 fully saturated rings. The number of anilines is 1. The second kappa shape index (κ2) is 5.43. The quantitative estimate of drug-likeness (QED) is 0.766. The Hall–Kier alpha value is -2.57. The number of carbonyl (C=O) groups excluding carboxylic acids is 1. The summed E-state index contributed by atoms with van der Waals surface area (Å²) in [6.07, 6.45) is 0.856. The molecule has 1 aliphatic heterocycles. The molecule has 21 heavy (non-hydrogen) atoms. The molecule has 0 unspecified atom stereocenters. The van der Waals surface area contributed by atoms with Crippen LogP contribution in [0, 0.1) is 0 Å². The number of hydrogen-bond acceptors (Lipinski definition) is 4. The minimum absolute atomic E-state index is 0.0193. The lowest BCUT2D eigenvalue weighted by Crippen LogP contribution is -2.37. The Morgan fingerprint density at radius 1 is 1.38 bits per heavy atom. The first kappa shape index (κ1) is 13.4. The summed E-state index contributed by atoms with van der Waals surface area (Å²) >= 11 is 0. The predicted octanol–water partition coefficient (Wildman–Crippen LogP) is 0.495. The first-order chi connectivity index (χ1) is 10.1. The first-order valence-electron chi connectivity index (χ1n) is 6.90. The number of aromatic amines is 2. The van der Waals surface area contributed by atoms with E-state index in [-0.39, 0.29) is 17.8 Å². The number of hydrogen-bond donors (Lipinski definition) is 3. The third-order valence-corrected chi connectivity index (χ3v) is 3.71. The van der Waals surface area contributed by atoms with E-state index in [0.29, 0.717) is 6.04 Å². The summed E-state index contributed by atoms with van der Waals surface area (Å²) in [7, 11) is 0. The molecule has 1 saturated heterocycles. The molecule has 0 bridgehead atoms. The Morgan fingerprint density at radius 2 is 2.14 bits per heavy atom. The van der Waals surface area contributed by atoms with Crippen molar-refractivity contribution in [3.63, 3.8) is 0 Å². The van der Waals surface area contributed by atoms with Crippen molar-refractivity contribution < 1.29 is 4.79 Å². The fourth-order valence-corrected chi connectivity index (χ4v) is 2.75. The normalized spacial score (nSPS) is 21.5. The van der Waals surface area contributed by atoms with Gasteiger partial charge in [-0.3, -0.25) is 9.78 Å². The van der Waals surface area contributed by atoms with Gasteiger partial charge >= 0.3 is 5.69 Å². The smallest absolute Gasteiger partial charge is 0.341 e. The minimum atomic E-state index is -0.481. The highest BCUT2D eigenvalue weighted by atomic mass is 16.2. The van der Waals surface area contributed by atoms with Crippen LogP contribution in [-0.2, 0) is 0 Å². The fraction of sp³-hybridized carbons (Fsp3) is 0.357. The third-order valence-electron chi connectivity index (χ3n) is 3.71. The highest BCUT2D eigenvalue weighted by Crippen LogP contribution is 2.25.